The van der Waals surface area contributed by atoms with Gasteiger partial charge in [-0.15, -0.1) is 0 Å². The predicted octanol–water partition coefficient (Wildman–Crippen LogP) is 5.61. The van der Waals surface area contributed by atoms with Gasteiger partial charge in [-0.1, -0.05) is 63.4 Å². The van der Waals surface area contributed by atoms with E-state index in [1.165, 1.54) is 63.8 Å². The summed E-state index contributed by atoms with van der Waals surface area (Å²) in [6.07, 6.45) is 5.83. The van der Waals surface area contributed by atoms with E-state index in [1.807, 2.05) is 0 Å². The fourth-order valence-corrected chi connectivity index (χ4v) is 7.18. The second kappa shape index (κ2) is 15.8. The maximum atomic E-state index is 14.3. The third-order valence-electron chi connectivity index (χ3n) is 7.89. The molecule has 0 aliphatic carbocycles. The number of thiocarbonyl (C=S) groups is 1. The van der Waals surface area contributed by atoms with Gasteiger partial charge in [-0.05, 0) is 51.0 Å². The second-order valence-electron chi connectivity index (χ2n) is 11.8. The minimum absolute atomic E-state index is 0.0658. The zero-order chi connectivity index (χ0) is 34.2. The van der Waals surface area contributed by atoms with Crippen molar-refractivity contribution in [2.45, 2.75) is 82.3 Å². The molecular formula is C33H42N4O8S2. The normalized spacial score (nSPS) is 17.1. The van der Waals surface area contributed by atoms with Crippen LogP contribution >= 0.6 is 12.2 Å². The number of hydrogen-bond acceptors (Lipinski definition) is 10. The van der Waals surface area contributed by atoms with Crippen LogP contribution in [0.1, 0.15) is 71.3 Å². The molecule has 0 bridgehead atoms. The number of unbranched alkanes of at least 4 members (excludes halogenated alkanes) is 5. The van der Waals surface area contributed by atoms with Gasteiger partial charge in [-0.25, -0.2) is 23.1 Å². The Balaban J connectivity index is 1.69. The third kappa shape index (κ3) is 8.17. The van der Waals surface area contributed by atoms with E-state index in [2.05, 4.69) is 17.2 Å². The number of sulfonamides is 1. The van der Waals surface area contributed by atoms with E-state index >= 15 is 0 Å². The molecule has 3 amide bonds. The van der Waals surface area contributed by atoms with E-state index in [9.17, 15) is 22.8 Å². The van der Waals surface area contributed by atoms with Crippen molar-refractivity contribution in [1.82, 2.24) is 9.21 Å². The van der Waals surface area contributed by atoms with Crippen molar-refractivity contribution in [2.24, 2.45) is 4.99 Å². The molecule has 4 rings (SSSR count). The summed E-state index contributed by atoms with van der Waals surface area (Å²) >= 11 is 5.13. The number of imide groups is 1. The molecule has 1 fully saturated rings. The van der Waals surface area contributed by atoms with Crippen LogP contribution in [0.5, 0.6) is 5.75 Å². The highest BCUT2D eigenvalue weighted by Crippen LogP contribution is 2.36. The monoisotopic (exact) mass is 686 g/mol. The van der Waals surface area contributed by atoms with E-state index in [0.717, 1.165) is 23.6 Å². The number of carbonyl (C=O) groups excluding carboxylic acids is 3. The van der Waals surface area contributed by atoms with Crippen molar-refractivity contribution in [3.05, 3.63) is 48.0 Å². The molecule has 2 aliphatic rings. The van der Waals surface area contributed by atoms with Gasteiger partial charge in [0.25, 0.3) is 21.8 Å². The van der Waals surface area contributed by atoms with Crippen LogP contribution in [-0.4, -0.2) is 85.2 Å². The SMILES string of the molecule is CCCCCCCCOCCCN1C(C(C(=O)Nc2cc(OC)ccc2C=S)N2C(=O)OC(C)(C)C2=O)=Nc2ccccc2S1(=O)=O. The quantitative estimate of drug-likeness (QED) is 0.166. The number of methoxy groups -OCH3 is 1. The van der Waals surface area contributed by atoms with Crippen LogP contribution in [0.25, 0.3) is 0 Å². The van der Waals surface area contributed by atoms with Crippen molar-refractivity contribution >= 4 is 62.7 Å². The minimum atomic E-state index is -4.28. The first kappa shape index (κ1) is 36.0. The Labute approximate surface area is 281 Å². The molecule has 0 aromatic heterocycles. The highest BCUT2D eigenvalue weighted by molar-refractivity contribution is 7.90. The van der Waals surface area contributed by atoms with Crippen molar-refractivity contribution in [1.29, 1.82) is 0 Å². The average molecular weight is 687 g/mol. The number of aliphatic imine (C=N–C) groups is 1. The average Bonchev–Trinajstić information content (AvgIpc) is 3.24. The number of nitrogens with one attached hydrogen (secondary N) is 1. The molecule has 254 valence electrons. The van der Waals surface area contributed by atoms with Gasteiger partial charge in [-0.3, -0.25) is 13.9 Å². The van der Waals surface area contributed by atoms with E-state index in [-0.39, 0.29) is 41.7 Å². The lowest BCUT2D eigenvalue weighted by molar-refractivity contribution is -0.137. The molecule has 2 aromatic rings. The van der Waals surface area contributed by atoms with Gasteiger partial charge in [-0.2, -0.15) is 0 Å². The summed E-state index contributed by atoms with van der Waals surface area (Å²) < 4.78 is 45.6. The van der Waals surface area contributed by atoms with Crippen LogP contribution in [0, 0.1) is 0 Å². The van der Waals surface area contributed by atoms with Gasteiger partial charge in [0.15, 0.2) is 17.5 Å². The van der Waals surface area contributed by atoms with Crippen LogP contribution in [0.2, 0.25) is 0 Å². The maximum Gasteiger partial charge on any atom is 0.418 e. The van der Waals surface area contributed by atoms with Gasteiger partial charge >= 0.3 is 6.09 Å². The summed E-state index contributed by atoms with van der Waals surface area (Å²) in [6, 6.07) is 9.07. The van der Waals surface area contributed by atoms with Crippen LogP contribution in [0.4, 0.5) is 16.2 Å². The van der Waals surface area contributed by atoms with Crippen molar-refractivity contribution in [2.75, 3.05) is 32.2 Å². The van der Waals surface area contributed by atoms with Gasteiger partial charge in [0, 0.05) is 36.8 Å². The first-order valence-electron chi connectivity index (χ1n) is 15.7. The van der Waals surface area contributed by atoms with Crippen molar-refractivity contribution in [3.63, 3.8) is 0 Å². The number of hydrogen-bond donors (Lipinski definition) is 1. The van der Waals surface area contributed by atoms with E-state index < -0.39 is 39.6 Å². The van der Waals surface area contributed by atoms with Crippen LogP contribution in [0.3, 0.4) is 0 Å². The molecule has 0 spiro atoms. The zero-order valence-electron chi connectivity index (χ0n) is 27.2. The number of amides is 3. The number of rotatable bonds is 17. The summed E-state index contributed by atoms with van der Waals surface area (Å²) in [4.78, 5) is 46.2. The highest BCUT2D eigenvalue weighted by atomic mass is 32.2. The molecule has 2 heterocycles. The molecule has 1 saturated heterocycles. The first-order valence-corrected chi connectivity index (χ1v) is 17.7. The Bertz CT molecular complexity index is 1630. The van der Waals surface area contributed by atoms with E-state index in [1.54, 1.807) is 24.3 Å². The number of para-hydroxylation sites is 1. The summed E-state index contributed by atoms with van der Waals surface area (Å²) in [6.45, 7) is 5.62. The summed E-state index contributed by atoms with van der Waals surface area (Å²) in [7, 11) is -2.82. The van der Waals surface area contributed by atoms with Crippen molar-refractivity contribution in [3.8, 4) is 5.75 Å². The van der Waals surface area contributed by atoms with Gasteiger partial charge < -0.3 is 19.5 Å². The Morgan fingerprint density at radius 2 is 1.77 bits per heavy atom. The summed E-state index contributed by atoms with van der Waals surface area (Å²) in [5.41, 5.74) is -0.864. The van der Waals surface area contributed by atoms with E-state index in [0.29, 0.717) is 22.8 Å². The Hall–Kier alpha value is -3.88. The minimum Gasteiger partial charge on any atom is -0.497 e. The summed E-state index contributed by atoms with van der Waals surface area (Å²) in [5.74, 6) is -1.65. The van der Waals surface area contributed by atoms with Crippen molar-refractivity contribution < 1.29 is 37.0 Å². The number of ether oxygens (including phenoxy) is 3. The zero-order valence-corrected chi connectivity index (χ0v) is 28.8. The number of cyclic esters (lactones) is 1. The number of fused-ring (bicyclic) bond motifs is 1. The predicted molar refractivity (Wildman–Crippen MR) is 182 cm³/mol. The second-order valence-corrected chi connectivity index (χ2v) is 13.8. The fourth-order valence-electron chi connectivity index (χ4n) is 5.35. The molecule has 1 atom stereocenters. The summed E-state index contributed by atoms with van der Waals surface area (Å²) in [5, 5.41) is 4.06. The standard InChI is InChI=1S/C33H42N4O8S2/c1-5-6-7-8-9-12-19-44-20-13-18-36-29(34-25-14-10-11-15-27(25)47(36,41)42)28(37-31(39)33(2,3)45-32(37)40)30(38)35-26-21-24(43-4)17-16-23(26)22-46/h10-11,14-17,21-22,28H,5-9,12-13,18-20H2,1-4H3,(H,35,38). The maximum absolute atomic E-state index is 14.3. The molecule has 0 saturated carbocycles. The molecule has 2 aromatic carbocycles. The Kier molecular flexibility index (Phi) is 12.1. The smallest absolute Gasteiger partial charge is 0.418 e. The van der Waals surface area contributed by atoms with Gasteiger partial charge in [0.1, 0.15) is 10.6 Å². The lowest BCUT2D eigenvalue weighted by atomic mass is 10.1. The number of amidine groups is 1. The molecule has 47 heavy (non-hydrogen) atoms. The molecule has 1 N–H and O–H groups in total. The molecular weight excluding hydrogens is 645 g/mol. The lowest BCUT2D eigenvalue weighted by Crippen LogP contribution is -2.59. The van der Waals surface area contributed by atoms with Gasteiger partial charge in [0.2, 0.25) is 0 Å². The fraction of sp³-hybridized carbons (Fsp3) is 0.485. The number of carbonyl (C=O) groups is 3. The van der Waals surface area contributed by atoms with Crippen LogP contribution in [-0.2, 0) is 29.1 Å². The third-order valence-corrected chi connectivity index (χ3v) is 9.99. The highest BCUT2D eigenvalue weighted by Gasteiger charge is 2.55. The van der Waals surface area contributed by atoms with E-state index in [4.69, 9.17) is 26.4 Å². The molecule has 0 radical (unpaired) electrons. The molecule has 1 unspecified atom stereocenters. The van der Waals surface area contributed by atoms with Gasteiger partial charge in [0.05, 0.1) is 18.5 Å². The number of nitrogens with zero attached hydrogens (tertiary/aromatic N) is 3. The molecule has 14 heteroatoms. The lowest BCUT2D eigenvalue weighted by Gasteiger charge is -2.35. The molecule has 12 nitrogen and oxygen atoms in total. The van der Waals surface area contributed by atoms with Crippen LogP contribution in [0.15, 0.2) is 52.4 Å². The first-order chi connectivity index (χ1) is 22.5. The number of anilines is 1. The Morgan fingerprint density at radius 3 is 2.45 bits per heavy atom. The van der Waals surface area contributed by atoms with Crippen LogP contribution < -0.4 is 10.1 Å². The molecule has 2 aliphatic heterocycles. The largest absolute Gasteiger partial charge is 0.497 e. The number of benzene rings is 2. The Morgan fingerprint density at radius 1 is 1.06 bits per heavy atom. The topological polar surface area (TPSA) is 144 Å².